The van der Waals surface area contributed by atoms with E-state index in [1.165, 1.54) is 24.8 Å². The van der Waals surface area contributed by atoms with Gasteiger partial charge in [0.15, 0.2) is 0 Å². The molecule has 0 radical (unpaired) electrons. The SMILES string of the molecule is CCCNC(CC)c1ccn(CC(C)CCC)c1. The summed E-state index contributed by atoms with van der Waals surface area (Å²) in [5.74, 6) is 0.777. The first-order valence-corrected chi connectivity index (χ1v) is 7.60. The van der Waals surface area contributed by atoms with Crippen LogP contribution in [0.1, 0.15) is 65.0 Å². The van der Waals surface area contributed by atoms with Crippen LogP contribution in [0, 0.1) is 5.92 Å². The van der Waals surface area contributed by atoms with E-state index in [1.807, 2.05) is 0 Å². The molecular formula is C16H30N2. The third-order valence-electron chi connectivity index (χ3n) is 3.53. The molecule has 18 heavy (non-hydrogen) atoms. The Morgan fingerprint density at radius 3 is 2.61 bits per heavy atom. The zero-order valence-corrected chi connectivity index (χ0v) is 12.6. The lowest BCUT2D eigenvalue weighted by Gasteiger charge is -2.15. The molecule has 2 atom stereocenters. The molecule has 0 bridgehead atoms. The van der Waals surface area contributed by atoms with Crippen molar-refractivity contribution < 1.29 is 0 Å². The zero-order chi connectivity index (χ0) is 13.4. The normalized spacial score (nSPS) is 14.7. The second-order valence-electron chi connectivity index (χ2n) is 5.45. The fraction of sp³-hybridized carbons (Fsp3) is 0.750. The Bertz CT molecular complexity index is 317. The van der Waals surface area contributed by atoms with E-state index in [1.54, 1.807) is 0 Å². The molecule has 2 unspecified atom stereocenters. The number of nitrogens with one attached hydrogen (secondary N) is 1. The largest absolute Gasteiger partial charge is 0.354 e. The maximum absolute atomic E-state index is 3.61. The second-order valence-corrected chi connectivity index (χ2v) is 5.45. The van der Waals surface area contributed by atoms with Gasteiger partial charge in [-0.15, -0.1) is 0 Å². The quantitative estimate of drug-likeness (QED) is 0.688. The van der Waals surface area contributed by atoms with Crippen LogP contribution in [0.2, 0.25) is 0 Å². The standard InChI is InChI=1S/C16H30N2/c1-5-8-14(4)12-18-11-9-15(13-18)16(7-3)17-10-6-2/h9,11,13-14,16-17H,5-8,10,12H2,1-4H3. The summed E-state index contributed by atoms with van der Waals surface area (Å²) in [4.78, 5) is 0. The summed E-state index contributed by atoms with van der Waals surface area (Å²) in [6, 6.07) is 2.79. The maximum Gasteiger partial charge on any atom is 0.0332 e. The highest BCUT2D eigenvalue weighted by Crippen LogP contribution is 2.18. The van der Waals surface area contributed by atoms with Gasteiger partial charge in [-0.3, -0.25) is 0 Å². The van der Waals surface area contributed by atoms with E-state index in [9.17, 15) is 0 Å². The minimum Gasteiger partial charge on any atom is -0.354 e. The minimum absolute atomic E-state index is 0.521. The van der Waals surface area contributed by atoms with Crippen LogP contribution in [-0.2, 0) is 6.54 Å². The molecule has 0 aromatic carbocycles. The predicted octanol–water partition coefficient (Wildman–Crippen LogP) is 4.38. The molecule has 104 valence electrons. The van der Waals surface area contributed by atoms with Crippen molar-refractivity contribution in [3.8, 4) is 0 Å². The first-order valence-electron chi connectivity index (χ1n) is 7.60. The summed E-state index contributed by atoms with van der Waals surface area (Å²) in [6.07, 6.45) is 9.52. The third-order valence-corrected chi connectivity index (χ3v) is 3.53. The van der Waals surface area contributed by atoms with Crippen LogP contribution in [0.25, 0.3) is 0 Å². The molecule has 1 aromatic rings. The summed E-state index contributed by atoms with van der Waals surface area (Å²) in [7, 11) is 0. The Balaban J connectivity index is 2.54. The topological polar surface area (TPSA) is 17.0 Å². The summed E-state index contributed by atoms with van der Waals surface area (Å²) >= 11 is 0. The predicted molar refractivity (Wildman–Crippen MR) is 79.8 cm³/mol. The first kappa shape index (κ1) is 15.3. The monoisotopic (exact) mass is 250 g/mol. The van der Waals surface area contributed by atoms with Crippen molar-refractivity contribution >= 4 is 0 Å². The van der Waals surface area contributed by atoms with Crippen molar-refractivity contribution in [2.24, 2.45) is 5.92 Å². The van der Waals surface area contributed by atoms with Crippen LogP contribution >= 0.6 is 0 Å². The van der Waals surface area contributed by atoms with E-state index in [0.717, 1.165) is 25.4 Å². The molecule has 0 aliphatic heterocycles. The lowest BCUT2D eigenvalue weighted by molar-refractivity contribution is 0.445. The number of nitrogens with zero attached hydrogens (tertiary/aromatic N) is 1. The van der Waals surface area contributed by atoms with Gasteiger partial charge in [-0.1, -0.05) is 34.1 Å². The number of aromatic nitrogens is 1. The van der Waals surface area contributed by atoms with Gasteiger partial charge in [-0.2, -0.15) is 0 Å². The van der Waals surface area contributed by atoms with Crippen molar-refractivity contribution in [3.05, 3.63) is 24.0 Å². The summed E-state index contributed by atoms with van der Waals surface area (Å²) in [5.41, 5.74) is 1.44. The Kier molecular flexibility index (Phi) is 7.11. The molecule has 0 saturated heterocycles. The molecule has 0 spiro atoms. The highest BCUT2D eigenvalue weighted by atomic mass is 15.0. The van der Waals surface area contributed by atoms with E-state index in [-0.39, 0.29) is 0 Å². The molecule has 1 N–H and O–H groups in total. The van der Waals surface area contributed by atoms with Gasteiger partial charge in [0.2, 0.25) is 0 Å². The smallest absolute Gasteiger partial charge is 0.0332 e. The van der Waals surface area contributed by atoms with E-state index in [4.69, 9.17) is 0 Å². The molecule has 1 rings (SSSR count). The fourth-order valence-electron chi connectivity index (χ4n) is 2.54. The molecule has 0 fully saturated rings. The Labute approximate surface area is 113 Å². The Hall–Kier alpha value is -0.760. The van der Waals surface area contributed by atoms with Gasteiger partial charge < -0.3 is 9.88 Å². The molecule has 1 aromatic heterocycles. The average Bonchev–Trinajstić information content (AvgIpc) is 2.79. The average molecular weight is 250 g/mol. The van der Waals surface area contributed by atoms with Crippen molar-refractivity contribution in [1.29, 1.82) is 0 Å². The van der Waals surface area contributed by atoms with Crippen LogP contribution in [0.5, 0.6) is 0 Å². The molecule has 0 saturated carbocycles. The van der Waals surface area contributed by atoms with Gasteiger partial charge >= 0.3 is 0 Å². The lowest BCUT2D eigenvalue weighted by Crippen LogP contribution is -2.21. The van der Waals surface area contributed by atoms with Gasteiger partial charge in [-0.05, 0) is 43.4 Å². The molecule has 0 amide bonds. The lowest BCUT2D eigenvalue weighted by atomic mass is 10.1. The Morgan fingerprint density at radius 1 is 1.22 bits per heavy atom. The summed E-state index contributed by atoms with van der Waals surface area (Å²) in [5, 5.41) is 3.61. The van der Waals surface area contributed by atoms with Crippen LogP contribution in [-0.4, -0.2) is 11.1 Å². The van der Waals surface area contributed by atoms with Gasteiger partial charge in [0, 0.05) is 25.0 Å². The van der Waals surface area contributed by atoms with Crippen molar-refractivity contribution in [1.82, 2.24) is 9.88 Å². The molecular weight excluding hydrogens is 220 g/mol. The number of hydrogen-bond acceptors (Lipinski definition) is 1. The Morgan fingerprint density at radius 2 is 2.00 bits per heavy atom. The van der Waals surface area contributed by atoms with Crippen molar-refractivity contribution in [2.45, 2.75) is 66.0 Å². The molecule has 2 heteroatoms. The van der Waals surface area contributed by atoms with Gasteiger partial charge in [0.1, 0.15) is 0 Å². The molecule has 2 nitrogen and oxygen atoms in total. The van der Waals surface area contributed by atoms with E-state index in [0.29, 0.717) is 6.04 Å². The van der Waals surface area contributed by atoms with Crippen LogP contribution in [0.3, 0.4) is 0 Å². The fourth-order valence-corrected chi connectivity index (χ4v) is 2.54. The molecule has 0 aliphatic rings. The van der Waals surface area contributed by atoms with Crippen LogP contribution in [0.15, 0.2) is 18.5 Å². The highest BCUT2D eigenvalue weighted by Gasteiger charge is 2.10. The van der Waals surface area contributed by atoms with E-state index >= 15 is 0 Å². The van der Waals surface area contributed by atoms with Gasteiger partial charge in [0.25, 0.3) is 0 Å². The zero-order valence-electron chi connectivity index (χ0n) is 12.6. The van der Waals surface area contributed by atoms with Crippen LogP contribution in [0.4, 0.5) is 0 Å². The number of rotatable bonds is 9. The second kappa shape index (κ2) is 8.36. The highest BCUT2D eigenvalue weighted by molar-refractivity contribution is 5.15. The minimum atomic E-state index is 0.521. The van der Waals surface area contributed by atoms with E-state index < -0.39 is 0 Å². The van der Waals surface area contributed by atoms with Crippen LogP contribution < -0.4 is 5.32 Å². The van der Waals surface area contributed by atoms with Crippen molar-refractivity contribution in [2.75, 3.05) is 6.54 Å². The molecule has 0 aliphatic carbocycles. The summed E-state index contributed by atoms with van der Waals surface area (Å²) in [6.45, 7) is 11.3. The van der Waals surface area contributed by atoms with E-state index in [2.05, 4.69) is 56.0 Å². The molecule has 1 heterocycles. The first-order chi connectivity index (χ1) is 8.71. The maximum atomic E-state index is 3.61. The summed E-state index contributed by atoms with van der Waals surface area (Å²) < 4.78 is 2.35. The number of hydrogen-bond donors (Lipinski definition) is 1. The van der Waals surface area contributed by atoms with Gasteiger partial charge in [-0.25, -0.2) is 0 Å². The van der Waals surface area contributed by atoms with Crippen molar-refractivity contribution in [3.63, 3.8) is 0 Å². The van der Waals surface area contributed by atoms with Gasteiger partial charge in [0.05, 0.1) is 0 Å². The third kappa shape index (κ3) is 4.85.